The highest BCUT2D eigenvalue weighted by Crippen LogP contribution is 2.24. The number of rotatable bonds is 5. The lowest BCUT2D eigenvalue weighted by Gasteiger charge is -2.19. The van der Waals surface area contributed by atoms with Gasteiger partial charge in [-0.25, -0.2) is 0 Å². The normalized spacial score (nSPS) is 12.9. The van der Waals surface area contributed by atoms with Crippen LogP contribution >= 0.6 is 0 Å². The van der Waals surface area contributed by atoms with Gasteiger partial charge in [0.25, 0.3) is 0 Å². The van der Waals surface area contributed by atoms with Gasteiger partial charge < -0.3 is 14.7 Å². The van der Waals surface area contributed by atoms with Crippen LogP contribution in [-0.4, -0.2) is 38.9 Å². The Kier molecular flexibility index (Phi) is 5.27. The Morgan fingerprint density at radius 1 is 1.52 bits per heavy atom. The van der Waals surface area contributed by atoms with Crippen molar-refractivity contribution in [1.82, 2.24) is 9.78 Å². The van der Waals surface area contributed by atoms with E-state index in [4.69, 9.17) is 14.7 Å². The van der Waals surface area contributed by atoms with Crippen LogP contribution in [0.1, 0.15) is 33.4 Å². The average molecular weight is 344 g/mol. The molecular formula is C17H20N4O4. The summed E-state index contributed by atoms with van der Waals surface area (Å²) in [6.45, 7) is 6.93. The van der Waals surface area contributed by atoms with Gasteiger partial charge in [0.15, 0.2) is 5.69 Å². The van der Waals surface area contributed by atoms with Crippen molar-refractivity contribution in [1.29, 1.82) is 5.26 Å². The average Bonchev–Trinajstić information content (AvgIpc) is 2.83. The molecule has 0 amide bonds. The molecule has 0 aliphatic carbocycles. The molecule has 0 fully saturated rings. The predicted octanol–water partition coefficient (Wildman–Crippen LogP) is 2.48. The molecule has 25 heavy (non-hydrogen) atoms. The Labute approximate surface area is 145 Å². The van der Waals surface area contributed by atoms with Gasteiger partial charge in [-0.15, -0.1) is 0 Å². The maximum absolute atomic E-state index is 12.1. The standard InChI is InChI=1S/C17H20N4O4/c1-11(9-19-23)24-12-5-6-13-14(8-18)20-21(15(13)7-12)10-16(22)25-17(2,3)4/h5-7,9,11,23H,10H2,1-4H3/b19-9+/t11-/m1/s1. The van der Waals surface area contributed by atoms with E-state index in [0.717, 1.165) is 0 Å². The molecule has 0 bridgehead atoms. The van der Waals surface area contributed by atoms with E-state index in [9.17, 15) is 10.1 Å². The van der Waals surface area contributed by atoms with E-state index in [1.54, 1.807) is 45.9 Å². The SMILES string of the molecule is C[C@H](/C=N/O)Oc1ccc2c(C#N)nn(CC(=O)OC(C)(C)C)c2c1. The molecule has 0 saturated carbocycles. The second kappa shape index (κ2) is 7.21. The van der Waals surface area contributed by atoms with Crippen molar-refractivity contribution in [2.24, 2.45) is 5.16 Å². The minimum absolute atomic E-state index is 0.118. The number of carbonyl (C=O) groups is 1. The Balaban J connectivity index is 2.35. The van der Waals surface area contributed by atoms with Crippen molar-refractivity contribution in [3.63, 3.8) is 0 Å². The first-order valence-electron chi connectivity index (χ1n) is 7.70. The summed E-state index contributed by atoms with van der Waals surface area (Å²) in [5, 5.41) is 25.5. The van der Waals surface area contributed by atoms with Gasteiger partial charge in [-0.05, 0) is 39.8 Å². The number of esters is 1. The largest absolute Gasteiger partial charge is 0.485 e. The van der Waals surface area contributed by atoms with Gasteiger partial charge >= 0.3 is 5.97 Å². The number of nitrogens with zero attached hydrogens (tertiary/aromatic N) is 4. The molecule has 1 N–H and O–H groups in total. The van der Waals surface area contributed by atoms with E-state index in [1.807, 2.05) is 6.07 Å². The Hall–Kier alpha value is -3.08. The van der Waals surface area contributed by atoms with Crippen LogP contribution in [0.25, 0.3) is 10.9 Å². The van der Waals surface area contributed by atoms with Crippen molar-refractivity contribution >= 4 is 23.1 Å². The van der Waals surface area contributed by atoms with Gasteiger partial charge in [0.2, 0.25) is 0 Å². The molecule has 0 aliphatic heterocycles. The minimum Gasteiger partial charge on any atom is -0.485 e. The quantitative estimate of drug-likeness (QED) is 0.386. The molecule has 0 unspecified atom stereocenters. The first kappa shape index (κ1) is 18.3. The second-order valence-electron chi connectivity index (χ2n) is 6.47. The van der Waals surface area contributed by atoms with Gasteiger partial charge in [0, 0.05) is 11.5 Å². The molecule has 132 valence electrons. The number of hydrogen-bond donors (Lipinski definition) is 1. The summed E-state index contributed by atoms with van der Waals surface area (Å²) in [6.07, 6.45) is 0.795. The van der Waals surface area contributed by atoms with Crippen molar-refractivity contribution in [3.05, 3.63) is 23.9 Å². The minimum atomic E-state index is -0.606. The summed E-state index contributed by atoms with van der Waals surface area (Å²) in [5.41, 5.74) is 0.189. The number of oxime groups is 1. The molecule has 1 aromatic carbocycles. The fourth-order valence-corrected chi connectivity index (χ4v) is 2.27. The lowest BCUT2D eigenvalue weighted by molar-refractivity contribution is -0.155. The van der Waals surface area contributed by atoms with E-state index in [1.165, 1.54) is 10.9 Å². The number of aromatic nitrogens is 2. The number of hydrogen-bond acceptors (Lipinski definition) is 7. The summed E-state index contributed by atoms with van der Waals surface area (Å²) in [5.74, 6) is 0.0446. The van der Waals surface area contributed by atoms with Gasteiger partial charge in [-0.3, -0.25) is 9.48 Å². The highest BCUT2D eigenvalue weighted by Gasteiger charge is 2.19. The van der Waals surface area contributed by atoms with Gasteiger partial charge in [-0.2, -0.15) is 10.4 Å². The van der Waals surface area contributed by atoms with Crippen molar-refractivity contribution in [3.8, 4) is 11.8 Å². The molecule has 2 aromatic rings. The molecule has 0 spiro atoms. The third-order valence-corrected chi connectivity index (χ3v) is 3.13. The summed E-state index contributed by atoms with van der Waals surface area (Å²) in [7, 11) is 0. The fourth-order valence-electron chi connectivity index (χ4n) is 2.27. The zero-order valence-electron chi connectivity index (χ0n) is 14.6. The molecule has 0 saturated heterocycles. The molecule has 0 radical (unpaired) electrons. The Morgan fingerprint density at radius 3 is 2.84 bits per heavy atom. The van der Waals surface area contributed by atoms with E-state index in [2.05, 4.69) is 10.3 Å². The molecule has 0 aliphatic rings. The van der Waals surface area contributed by atoms with E-state index < -0.39 is 17.7 Å². The summed E-state index contributed by atoms with van der Waals surface area (Å²) in [6, 6.07) is 7.07. The highest BCUT2D eigenvalue weighted by molar-refractivity contribution is 5.86. The Bertz CT molecular complexity index is 843. The van der Waals surface area contributed by atoms with Crippen LogP contribution in [0, 0.1) is 11.3 Å². The van der Waals surface area contributed by atoms with Crippen molar-refractivity contribution in [2.75, 3.05) is 0 Å². The topological polar surface area (TPSA) is 110 Å². The number of carbonyl (C=O) groups excluding carboxylic acids is 1. The lowest BCUT2D eigenvalue weighted by Crippen LogP contribution is -2.26. The number of nitriles is 1. The van der Waals surface area contributed by atoms with Crippen LogP contribution in [0.4, 0.5) is 0 Å². The van der Waals surface area contributed by atoms with Gasteiger partial charge in [0.1, 0.15) is 30.1 Å². The van der Waals surface area contributed by atoms with Crippen molar-refractivity contribution < 1.29 is 19.5 Å². The molecule has 1 atom stereocenters. The predicted molar refractivity (Wildman–Crippen MR) is 90.7 cm³/mol. The van der Waals surface area contributed by atoms with E-state index >= 15 is 0 Å². The van der Waals surface area contributed by atoms with Crippen LogP contribution in [0.15, 0.2) is 23.4 Å². The third kappa shape index (κ3) is 4.70. The summed E-state index contributed by atoms with van der Waals surface area (Å²) in [4.78, 5) is 12.1. The molecular weight excluding hydrogens is 324 g/mol. The number of fused-ring (bicyclic) bond motifs is 1. The first-order valence-corrected chi connectivity index (χ1v) is 7.70. The summed E-state index contributed by atoms with van der Waals surface area (Å²) < 4.78 is 12.3. The number of ether oxygens (including phenoxy) is 2. The van der Waals surface area contributed by atoms with Crippen LogP contribution in [-0.2, 0) is 16.1 Å². The van der Waals surface area contributed by atoms with Crippen molar-refractivity contribution in [2.45, 2.75) is 45.9 Å². The van der Waals surface area contributed by atoms with Gasteiger partial charge in [-0.1, -0.05) is 5.16 Å². The van der Waals surface area contributed by atoms with Crippen LogP contribution in [0.3, 0.4) is 0 Å². The summed E-state index contributed by atoms with van der Waals surface area (Å²) >= 11 is 0. The lowest BCUT2D eigenvalue weighted by atomic mass is 10.2. The maximum Gasteiger partial charge on any atom is 0.328 e. The van der Waals surface area contributed by atoms with Crippen LogP contribution in [0.2, 0.25) is 0 Å². The Morgan fingerprint density at radius 2 is 2.24 bits per heavy atom. The molecule has 1 aromatic heterocycles. The molecule has 8 nitrogen and oxygen atoms in total. The third-order valence-electron chi connectivity index (χ3n) is 3.13. The zero-order chi connectivity index (χ0) is 18.6. The van der Waals surface area contributed by atoms with Crippen LogP contribution in [0.5, 0.6) is 5.75 Å². The smallest absolute Gasteiger partial charge is 0.328 e. The second-order valence-corrected chi connectivity index (χ2v) is 6.47. The maximum atomic E-state index is 12.1. The fraction of sp³-hybridized carbons (Fsp3) is 0.412. The van der Waals surface area contributed by atoms with E-state index in [-0.39, 0.29) is 12.2 Å². The number of benzene rings is 1. The molecule has 8 heteroatoms. The van der Waals surface area contributed by atoms with Crippen LogP contribution < -0.4 is 4.74 Å². The monoisotopic (exact) mass is 344 g/mol. The molecule has 1 heterocycles. The van der Waals surface area contributed by atoms with Gasteiger partial charge in [0.05, 0.1) is 11.7 Å². The molecule has 2 rings (SSSR count). The highest BCUT2D eigenvalue weighted by atomic mass is 16.6. The first-order chi connectivity index (χ1) is 11.7. The van der Waals surface area contributed by atoms with E-state index in [0.29, 0.717) is 16.7 Å². The zero-order valence-corrected chi connectivity index (χ0v) is 14.6.